The van der Waals surface area contributed by atoms with Crippen LogP contribution in [0.15, 0.2) is 60.7 Å². The van der Waals surface area contributed by atoms with Crippen molar-refractivity contribution >= 4 is 11.6 Å². The average Bonchev–Trinajstić information content (AvgIpc) is 3.24. The van der Waals surface area contributed by atoms with E-state index in [2.05, 4.69) is 20.4 Å². The van der Waals surface area contributed by atoms with Gasteiger partial charge in [-0.05, 0) is 35.6 Å². The molecular formula is C26H31NO4. The van der Waals surface area contributed by atoms with Crippen molar-refractivity contribution in [2.75, 3.05) is 19.1 Å². The summed E-state index contributed by atoms with van der Waals surface area (Å²) in [5.74, 6) is 1.68. The van der Waals surface area contributed by atoms with Gasteiger partial charge in [-0.2, -0.15) is 0 Å². The van der Waals surface area contributed by atoms with Gasteiger partial charge in [0.25, 0.3) is 5.91 Å². The Morgan fingerprint density at radius 1 is 1.16 bits per heavy atom. The largest absolute Gasteiger partial charge is 0.497 e. The minimum absolute atomic E-state index is 0.000989. The Morgan fingerprint density at radius 2 is 1.90 bits per heavy atom. The second-order valence-electron chi connectivity index (χ2n) is 8.85. The Labute approximate surface area is 184 Å². The Balaban J connectivity index is 1.73. The van der Waals surface area contributed by atoms with Crippen LogP contribution in [-0.4, -0.2) is 31.8 Å². The smallest absolute Gasteiger partial charge is 0.264 e. The second kappa shape index (κ2) is 8.39. The number of carbonyl (C=O) groups is 1. The standard InChI is InChI=1S/C26H31NO4/c1-17(2)13-20-16-26(18(3)14-23(31-26)19-9-7-6-8-10-19)25(28)27(20)22-12-11-21(29-4)15-24(22)30-5/h6-12,15,17,20,23H,3,13-14,16H2,1-2,4-5H3/t20-,23-,26-/m0/s1. The molecule has 2 aromatic rings. The predicted molar refractivity (Wildman–Crippen MR) is 122 cm³/mol. The summed E-state index contributed by atoms with van der Waals surface area (Å²) in [6, 6.07) is 15.7. The van der Waals surface area contributed by atoms with Crippen LogP contribution in [0.3, 0.4) is 0 Å². The normalized spacial score (nSPS) is 25.6. The summed E-state index contributed by atoms with van der Waals surface area (Å²) in [6.45, 7) is 8.66. The lowest BCUT2D eigenvalue weighted by Gasteiger charge is -2.28. The lowest BCUT2D eigenvalue weighted by atomic mass is 9.89. The van der Waals surface area contributed by atoms with Crippen LogP contribution in [0.25, 0.3) is 0 Å². The van der Waals surface area contributed by atoms with Crippen molar-refractivity contribution in [3.63, 3.8) is 0 Å². The van der Waals surface area contributed by atoms with Crippen molar-refractivity contribution in [2.45, 2.75) is 50.9 Å². The average molecular weight is 422 g/mol. The van der Waals surface area contributed by atoms with Crippen molar-refractivity contribution in [1.82, 2.24) is 0 Å². The van der Waals surface area contributed by atoms with Crippen molar-refractivity contribution in [1.29, 1.82) is 0 Å². The zero-order chi connectivity index (χ0) is 22.2. The summed E-state index contributed by atoms with van der Waals surface area (Å²) in [5, 5.41) is 0. The van der Waals surface area contributed by atoms with Crippen molar-refractivity contribution < 1.29 is 19.0 Å². The summed E-state index contributed by atoms with van der Waals surface area (Å²) in [7, 11) is 3.23. The maximum absolute atomic E-state index is 14.0. The molecule has 0 saturated carbocycles. The minimum Gasteiger partial charge on any atom is -0.497 e. The molecule has 2 aliphatic heterocycles. The van der Waals surface area contributed by atoms with Crippen LogP contribution in [0.2, 0.25) is 0 Å². The maximum Gasteiger partial charge on any atom is 0.264 e. The van der Waals surface area contributed by atoms with Crippen LogP contribution in [0.5, 0.6) is 11.5 Å². The Morgan fingerprint density at radius 3 is 2.55 bits per heavy atom. The zero-order valence-corrected chi connectivity index (χ0v) is 18.8. The first-order chi connectivity index (χ1) is 14.9. The van der Waals surface area contributed by atoms with E-state index in [4.69, 9.17) is 14.2 Å². The van der Waals surface area contributed by atoms with Gasteiger partial charge in [0.1, 0.15) is 11.5 Å². The van der Waals surface area contributed by atoms with E-state index in [0.29, 0.717) is 30.3 Å². The van der Waals surface area contributed by atoms with Crippen LogP contribution in [-0.2, 0) is 9.53 Å². The molecule has 0 bridgehead atoms. The number of rotatable bonds is 6. The predicted octanol–water partition coefficient (Wildman–Crippen LogP) is 5.31. The topological polar surface area (TPSA) is 48.0 Å². The molecule has 0 aliphatic carbocycles. The molecule has 31 heavy (non-hydrogen) atoms. The molecule has 2 heterocycles. The second-order valence-corrected chi connectivity index (χ2v) is 8.85. The number of carbonyl (C=O) groups excluding carboxylic acids is 1. The van der Waals surface area contributed by atoms with Gasteiger partial charge in [-0.1, -0.05) is 50.8 Å². The third-order valence-electron chi connectivity index (χ3n) is 6.36. The van der Waals surface area contributed by atoms with Gasteiger partial charge in [0.05, 0.1) is 26.0 Å². The molecule has 4 rings (SSSR count). The highest BCUT2D eigenvalue weighted by Gasteiger charge is 2.59. The molecule has 0 N–H and O–H groups in total. The lowest BCUT2D eigenvalue weighted by molar-refractivity contribution is -0.135. The molecular weight excluding hydrogens is 390 g/mol. The molecule has 2 aromatic carbocycles. The van der Waals surface area contributed by atoms with E-state index in [0.717, 1.165) is 23.2 Å². The first-order valence-corrected chi connectivity index (χ1v) is 10.9. The Kier molecular flexibility index (Phi) is 5.80. The van der Waals surface area contributed by atoms with Gasteiger partial charge in [-0.15, -0.1) is 0 Å². The molecule has 0 radical (unpaired) electrons. The molecule has 5 nitrogen and oxygen atoms in total. The van der Waals surface area contributed by atoms with Crippen LogP contribution < -0.4 is 14.4 Å². The van der Waals surface area contributed by atoms with Gasteiger partial charge in [-0.25, -0.2) is 0 Å². The molecule has 3 atom stereocenters. The van der Waals surface area contributed by atoms with Crippen LogP contribution >= 0.6 is 0 Å². The first kappa shape index (κ1) is 21.4. The summed E-state index contributed by atoms with van der Waals surface area (Å²) < 4.78 is 17.5. The fourth-order valence-corrected chi connectivity index (χ4v) is 4.90. The Bertz CT molecular complexity index is 971. The summed E-state index contributed by atoms with van der Waals surface area (Å²) in [6.07, 6.45) is 1.96. The van der Waals surface area contributed by atoms with Gasteiger partial charge in [-0.3, -0.25) is 4.79 Å². The van der Waals surface area contributed by atoms with Gasteiger partial charge < -0.3 is 19.1 Å². The van der Waals surface area contributed by atoms with Gasteiger partial charge in [0, 0.05) is 24.9 Å². The number of nitrogens with zero attached hydrogens (tertiary/aromatic N) is 1. The first-order valence-electron chi connectivity index (χ1n) is 10.9. The number of anilines is 1. The minimum atomic E-state index is -0.995. The fourth-order valence-electron chi connectivity index (χ4n) is 4.90. The van der Waals surface area contributed by atoms with Crippen molar-refractivity contribution in [3.05, 3.63) is 66.2 Å². The monoisotopic (exact) mass is 421 g/mol. The molecule has 2 aliphatic rings. The number of amides is 1. The highest BCUT2D eigenvalue weighted by Crippen LogP contribution is 2.52. The van der Waals surface area contributed by atoms with E-state index in [1.807, 2.05) is 53.4 Å². The lowest BCUT2D eigenvalue weighted by Crippen LogP contribution is -2.42. The van der Waals surface area contributed by atoms with Crippen LogP contribution in [0.4, 0.5) is 5.69 Å². The number of benzene rings is 2. The van der Waals surface area contributed by atoms with E-state index >= 15 is 0 Å². The highest BCUT2D eigenvalue weighted by molar-refractivity contribution is 6.06. The van der Waals surface area contributed by atoms with Crippen molar-refractivity contribution in [3.8, 4) is 11.5 Å². The van der Waals surface area contributed by atoms with Crippen LogP contribution in [0.1, 0.15) is 44.8 Å². The molecule has 2 fully saturated rings. The fraction of sp³-hybridized carbons (Fsp3) is 0.423. The number of hydrogen-bond acceptors (Lipinski definition) is 4. The van der Waals surface area contributed by atoms with Gasteiger partial charge in [0.2, 0.25) is 0 Å². The summed E-state index contributed by atoms with van der Waals surface area (Å²) >= 11 is 0. The van der Waals surface area contributed by atoms with Crippen molar-refractivity contribution in [2.24, 2.45) is 5.92 Å². The Hall–Kier alpha value is -2.79. The van der Waals surface area contributed by atoms with E-state index in [1.165, 1.54) is 0 Å². The van der Waals surface area contributed by atoms with Crippen LogP contribution in [0, 0.1) is 5.92 Å². The van der Waals surface area contributed by atoms with E-state index in [9.17, 15) is 4.79 Å². The highest BCUT2D eigenvalue weighted by atomic mass is 16.5. The SMILES string of the molecule is C=C1C[C@@H](c2ccccc2)O[C@@]12C[C@H](CC(C)C)N(c1ccc(OC)cc1OC)C2=O. The van der Waals surface area contributed by atoms with Gasteiger partial charge in [0.15, 0.2) is 5.60 Å². The third kappa shape index (κ3) is 3.72. The molecule has 5 heteroatoms. The number of hydrogen-bond donors (Lipinski definition) is 0. The maximum atomic E-state index is 14.0. The van der Waals surface area contributed by atoms with E-state index in [-0.39, 0.29) is 18.1 Å². The van der Waals surface area contributed by atoms with E-state index < -0.39 is 5.60 Å². The summed E-state index contributed by atoms with van der Waals surface area (Å²) in [4.78, 5) is 15.9. The molecule has 1 spiro atoms. The quantitative estimate of drug-likeness (QED) is 0.593. The number of ether oxygens (including phenoxy) is 3. The molecule has 2 saturated heterocycles. The molecule has 164 valence electrons. The zero-order valence-electron chi connectivity index (χ0n) is 18.8. The summed E-state index contributed by atoms with van der Waals surface area (Å²) in [5.41, 5.74) is 1.69. The molecule has 0 unspecified atom stereocenters. The molecule has 0 aromatic heterocycles. The number of methoxy groups -OCH3 is 2. The third-order valence-corrected chi connectivity index (χ3v) is 6.36. The molecule has 1 amide bonds. The van der Waals surface area contributed by atoms with E-state index in [1.54, 1.807) is 14.2 Å². The van der Waals surface area contributed by atoms with Gasteiger partial charge >= 0.3 is 0 Å².